The largest absolute Gasteiger partial charge is 0.310 e. The van der Waals surface area contributed by atoms with Crippen LogP contribution in [0.3, 0.4) is 0 Å². The van der Waals surface area contributed by atoms with Crippen molar-refractivity contribution in [1.29, 1.82) is 0 Å². The molecule has 2 aliphatic carbocycles. The van der Waals surface area contributed by atoms with Crippen LogP contribution < -0.4 is 4.90 Å². The van der Waals surface area contributed by atoms with Crippen LogP contribution in [0, 0.1) is 13.8 Å². The van der Waals surface area contributed by atoms with Crippen LogP contribution in [-0.4, -0.2) is 0 Å². The Morgan fingerprint density at radius 2 is 0.723 bits per heavy atom. The summed E-state index contributed by atoms with van der Waals surface area (Å²) in [6.07, 6.45) is 18.3. The van der Waals surface area contributed by atoms with Gasteiger partial charge >= 0.3 is 0 Å². The first-order valence-electron chi connectivity index (χ1n) is 31.6. The second-order valence-electron chi connectivity index (χ2n) is 25.2. The van der Waals surface area contributed by atoms with Gasteiger partial charge in [0.15, 0.2) is 0 Å². The van der Waals surface area contributed by atoms with Gasteiger partial charge in [0.2, 0.25) is 0 Å². The van der Waals surface area contributed by atoms with E-state index in [0.717, 1.165) is 11.4 Å². The zero-order valence-corrected chi connectivity index (χ0v) is 50.1. The first-order chi connectivity index (χ1) is 40.6. The predicted octanol–water partition coefficient (Wildman–Crippen LogP) is 24.3. The van der Waals surface area contributed by atoms with E-state index in [0.29, 0.717) is 0 Å². The van der Waals surface area contributed by atoms with Crippen molar-refractivity contribution >= 4 is 49.4 Å². The van der Waals surface area contributed by atoms with Crippen molar-refractivity contribution in [2.45, 2.75) is 142 Å². The van der Waals surface area contributed by atoms with Gasteiger partial charge in [0.05, 0.1) is 0 Å². The normalized spacial score (nSPS) is 13.6. The number of nitrogens with zero attached hydrogens (tertiary/aromatic N) is 1. The Bertz CT molecular complexity index is 4100. The Morgan fingerprint density at radius 1 is 0.313 bits per heavy atom. The first-order valence-corrected chi connectivity index (χ1v) is 31.6. The number of aryl methyl sites for hydroxylation is 2. The SMILES string of the molecule is CCCCCCCCC1(CCCCCCCC)c2cc(C)ccc2-c2ccc(-c3ccc(N(c4ccc(C)cc4)c4ccc5c(c4)C(C)(C)c4cc(-c6c7ccccc7c(-c7ccc8ccccc8c7)c7ccccc67)ccc4-5)cc3)cc21. The van der Waals surface area contributed by atoms with Gasteiger partial charge in [-0.05, 0) is 191 Å². The molecule has 0 heterocycles. The van der Waals surface area contributed by atoms with Gasteiger partial charge in [-0.3, -0.25) is 0 Å². The molecule has 11 aromatic rings. The molecule has 0 unspecified atom stereocenters. The molecule has 0 aromatic heterocycles. The minimum Gasteiger partial charge on any atom is -0.310 e. The van der Waals surface area contributed by atoms with Crippen LogP contribution in [0.1, 0.15) is 151 Å². The Morgan fingerprint density at radius 3 is 1.33 bits per heavy atom. The van der Waals surface area contributed by atoms with E-state index in [-0.39, 0.29) is 10.8 Å². The third kappa shape index (κ3) is 9.99. The molecule has 0 atom stereocenters. The van der Waals surface area contributed by atoms with Crippen LogP contribution in [0.5, 0.6) is 0 Å². The lowest BCUT2D eigenvalue weighted by molar-refractivity contribution is 0.398. The maximum absolute atomic E-state index is 2.61. The fourth-order valence-corrected chi connectivity index (χ4v) is 14.9. The second-order valence-corrected chi connectivity index (χ2v) is 25.2. The molecule has 414 valence electrons. The highest BCUT2D eigenvalue weighted by Gasteiger charge is 2.43. The smallest absolute Gasteiger partial charge is 0.0465 e. The van der Waals surface area contributed by atoms with Crippen LogP contribution >= 0.6 is 0 Å². The average Bonchev–Trinajstić information content (AvgIpc) is 4.11. The quantitative estimate of drug-likeness (QED) is 0.0543. The molecule has 1 heteroatoms. The van der Waals surface area contributed by atoms with Crippen molar-refractivity contribution < 1.29 is 0 Å². The number of hydrogen-bond acceptors (Lipinski definition) is 1. The summed E-state index contributed by atoms with van der Waals surface area (Å²) in [4.78, 5) is 2.47. The molecule has 13 rings (SSSR count). The van der Waals surface area contributed by atoms with Crippen LogP contribution in [0.15, 0.2) is 212 Å². The van der Waals surface area contributed by atoms with Gasteiger partial charge < -0.3 is 4.90 Å². The van der Waals surface area contributed by atoms with Gasteiger partial charge in [-0.1, -0.05) is 274 Å². The minimum absolute atomic E-state index is 0.0419. The zero-order chi connectivity index (χ0) is 56.7. The fraction of sp³-hybridized carbons (Fsp3) is 0.268. The molecule has 0 saturated carbocycles. The molecule has 0 N–H and O–H groups in total. The molecule has 1 nitrogen and oxygen atoms in total. The van der Waals surface area contributed by atoms with Crippen molar-refractivity contribution in [2.24, 2.45) is 0 Å². The fourth-order valence-electron chi connectivity index (χ4n) is 14.9. The number of fused-ring (bicyclic) bond motifs is 9. The van der Waals surface area contributed by atoms with Crippen LogP contribution in [0.2, 0.25) is 0 Å². The van der Waals surface area contributed by atoms with Gasteiger partial charge in [0.25, 0.3) is 0 Å². The Labute approximate surface area is 495 Å². The average molecular weight is 1080 g/mol. The topological polar surface area (TPSA) is 3.24 Å². The van der Waals surface area contributed by atoms with Gasteiger partial charge in [0.1, 0.15) is 0 Å². The molecule has 0 fully saturated rings. The molecule has 0 aliphatic heterocycles. The van der Waals surface area contributed by atoms with Gasteiger partial charge in [0, 0.05) is 27.9 Å². The molecule has 0 bridgehead atoms. The summed E-state index contributed by atoms with van der Waals surface area (Å²) in [7, 11) is 0. The number of hydrogen-bond donors (Lipinski definition) is 0. The molecular formula is C82H81N. The van der Waals surface area contributed by atoms with Gasteiger partial charge in [-0.2, -0.15) is 0 Å². The van der Waals surface area contributed by atoms with Crippen LogP contribution in [0.25, 0.3) is 88.0 Å². The highest BCUT2D eigenvalue weighted by molar-refractivity contribution is 6.22. The number of anilines is 3. The number of rotatable bonds is 20. The summed E-state index contributed by atoms with van der Waals surface area (Å²) in [5, 5.41) is 7.64. The van der Waals surface area contributed by atoms with Crippen LogP contribution in [-0.2, 0) is 10.8 Å². The van der Waals surface area contributed by atoms with E-state index >= 15 is 0 Å². The van der Waals surface area contributed by atoms with E-state index in [2.05, 4.69) is 259 Å². The summed E-state index contributed by atoms with van der Waals surface area (Å²) >= 11 is 0. The molecule has 11 aromatic carbocycles. The van der Waals surface area contributed by atoms with Crippen molar-refractivity contribution in [2.75, 3.05) is 4.90 Å². The number of unbranched alkanes of at least 4 members (excludes halogenated alkanes) is 10. The highest BCUT2D eigenvalue weighted by atomic mass is 15.1. The van der Waals surface area contributed by atoms with E-state index in [4.69, 9.17) is 0 Å². The Hall–Kier alpha value is -8.00. The zero-order valence-electron chi connectivity index (χ0n) is 50.1. The molecule has 0 amide bonds. The molecular weight excluding hydrogens is 999 g/mol. The lowest BCUT2D eigenvalue weighted by Crippen LogP contribution is -2.25. The van der Waals surface area contributed by atoms with E-state index < -0.39 is 0 Å². The van der Waals surface area contributed by atoms with Crippen molar-refractivity contribution in [3.05, 3.63) is 246 Å². The molecule has 0 saturated heterocycles. The third-order valence-corrected chi connectivity index (χ3v) is 19.4. The minimum atomic E-state index is -0.249. The predicted molar refractivity (Wildman–Crippen MR) is 359 cm³/mol. The van der Waals surface area contributed by atoms with Crippen LogP contribution in [0.4, 0.5) is 17.1 Å². The lowest BCUT2D eigenvalue weighted by atomic mass is 9.70. The summed E-state index contributed by atoms with van der Waals surface area (Å²) in [6, 6.07) is 81.7. The summed E-state index contributed by atoms with van der Waals surface area (Å²) < 4.78 is 0. The van der Waals surface area contributed by atoms with E-state index in [1.54, 1.807) is 11.1 Å². The molecule has 0 spiro atoms. The van der Waals surface area contributed by atoms with Gasteiger partial charge in [-0.25, -0.2) is 0 Å². The summed E-state index contributed by atoms with van der Waals surface area (Å²) in [5.41, 5.74) is 25.0. The molecule has 2 aliphatic rings. The Kier molecular flexibility index (Phi) is 15.0. The van der Waals surface area contributed by atoms with Crippen molar-refractivity contribution in [3.8, 4) is 55.6 Å². The summed E-state index contributed by atoms with van der Waals surface area (Å²) in [5.74, 6) is 0. The highest BCUT2D eigenvalue weighted by Crippen LogP contribution is 2.57. The van der Waals surface area contributed by atoms with Crippen molar-refractivity contribution in [1.82, 2.24) is 0 Å². The van der Waals surface area contributed by atoms with E-state index in [1.807, 2.05) is 0 Å². The van der Waals surface area contributed by atoms with Crippen molar-refractivity contribution in [3.63, 3.8) is 0 Å². The number of benzene rings is 11. The summed E-state index contributed by atoms with van der Waals surface area (Å²) in [6.45, 7) is 14.0. The third-order valence-electron chi connectivity index (χ3n) is 19.4. The first kappa shape index (κ1) is 54.3. The standard InChI is InChI=1S/C82H81N/c1-7-9-11-13-15-23-49-82(50-24-16-14-12-10-8-2)77-51-57(4)33-45-69(77)70-46-38-61(53-78(70)82)59-36-42-65(43-37-59)83(64-40-31-56(3)32-41-64)66-44-48-68-67-47-39-63(54-75(67)81(5,6)76(68)55-66)80-73-29-21-19-27-71(73)79(72-28-20-22-30-74(72)80)62-35-34-58-25-17-18-26-60(58)52-62/h17-22,25-48,51-55H,7-16,23-24,49-50H2,1-6H3. The monoisotopic (exact) mass is 1080 g/mol. The molecule has 83 heavy (non-hydrogen) atoms. The Balaban J connectivity index is 0.847. The van der Waals surface area contributed by atoms with E-state index in [9.17, 15) is 0 Å². The van der Waals surface area contributed by atoms with Gasteiger partial charge in [-0.15, -0.1) is 0 Å². The lowest BCUT2D eigenvalue weighted by Gasteiger charge is -2.33. The maximum Gasteiger partial charge on any atom is 0.0465 e. The second kappa shape index (κ2) is 23.0. The van der Waals surface area contributed by atoms with E-state index in [1.165, 1.54) is 206 Å². The maximum atomic E-state index is 2.61. The molecule has 0 radical (unpaired) electrons.